The third-order valence-electron chi connectivity index (χ3n) is 5.93. The molecule has 0 rings (SSSR count). The molecule has 14 heteroatoms. The number of hydrogen-bond acceptors (Lipinski definition) is 8. The Bertz CT molecular complexity index is 876. The Morgan fingerprint density at radius 1 is 0.667 bits per heavy atom. The molecule has 0 aliphatic carbocycles. The lowest BCUT2D eigenvalue weighted by Crippen LogP contribution is -2.61. The summed E-state index contributed by atoms with van der Waals surface area (Å²) in [5, 5.41) is 38.3. The average Bonchev–Trinajstić information content (AvgIpc) is 2.80. The summed E-state index contributed by atoms with van der Waals surface area (Å²) in [6, 6.07) is -6.31. The summed E-state index contributed by atoms with van der Waals surface area (Å²) in [6.45, 7) is 11.4. The summed E-state index contributed by atoms with van der Waals surface area (Å²) >= 11 is 0. The van der Waals surface area contributed by atoms with Crippen LogP contribution in [0.25, 0.3) is 0 Å². The number of aliphatic hydroxyl groups is 1. The quantitative estimate of drug-likeness (QED) is 0.107. The summed E-state index contributed by atoms with van der Waals surface area (Å²) < 4.78 is 0. The van der Waals surface area contributed by atoms with Crippen molar-refractivity contribution in [3.05, 3.63) is 0 Å². The van der Waals surface area contributed by atoms with Crippen LogP contribution >= 0.6 is 0 Å². The van der Waals surface area contributed by atoms with Gasteiger partial charge in [-0.15, -0.1) is 0 Å². The average molecular weight is 560 g/mol. The lowest BCUT2D eigenvalue weighted by atomic mass is 9.99. The van der Waals surface area contributed by atoms with Crippen LogP contribution in [0.2, 0.25) is 0 Å². The molecule has 0 spiro atoms. The van der Waals surface area contributed by atoms with E-state index in [0.29, 0.717) is 0 Å². The van der Waals surface area contributed by atoms with Crippen LogP contribution in [-0.2, 0) is 28.8 Å². The van der Waals surface area contributed by atoms with Crippen molar-refractivity contribution in [1.29, 1.82) is 0 Å². The summed E-state index contributed by atoms with van der Waals surface area (Å²) in [6.07, 6.45) is -2.10. The molecule has 9 N–H and O–H groups in total. The van der Waals surface area contributed by atoms with Gasteiger partial charge >= 0.3 is 11.9 Å². The number of amides is 4. The van der Waals surface area contributed by atoms with Gasteiger partial charge in [-0.05, 0) is 37.5 Å². The molecule has 0 saturated heterocycles. The van der Waals surface area contributed by atoms with Crippen molar-refractivity contribution >= 4 is 35.6 Å². The molecule has 14 nitrogen and oxygen atoms in total. The first-order valence-corrected chi connectivity index (χ1v) is 13.0. The van der Waals surface area contributed by atoms with Crippen LogP contribution in [0.3, 0.4) is 0 Å². The minimum atomic E-state index is -1.58. The van der Waals surface area contributed by atoms with E-state index in [2.05, 4.69) is 21.3 Å². The van der Waals surface area contributed by atoms with Gasteiger partial charge in [0.15, 0.2) is 0 Å². The Kier molecular flexibility index (Phi) is 15.3. The molecule has 0 aliphatic heterocycles. The number of carbonyl (C=O) groups is 6. The van der Waals surface area contributed by atoms with Gasteiger partial charge in [-0.3, -0.25) is 24.0 Å². The Labute approximate surface area is 228 Å². The van der Waals surface area contributed by atoms with Crippen molar-refractivity contribution in [2.75, 3.05) is 0 Å². The zero-order valence-corrected chi connectivity index (χ0v) is 23.7. The SMILES string of the molecule is CC(C)C[C@H](NC(=O)[C@@H](NC(=O)[C@H](CCC(=O)O)NC(=O)[C@@H](N)C(C)C)[C@@H](C)O)C(=O)N[C@H](C(=O)O)C(C)C. The van der Waals surface area contributed by atoms with Crippen LogP contribution in [0.5, 0.6) is 0 Å². The van der Waals surface area contributed by atoms with Gasteiger partial charge < -0.3 is 42.3 Å². The molecular weight excluding hydrogens is 514 g/mol. The number of carboxylic acid groups (broad SMARTS) is 2. The lowest BCUT2D eigenvalue weighted by molar-refractivity contribution is -0.144. The first-order chi connectivity index (χ1) is 17.9. The van der Waals surface area contributed by atoms with Gasteiger partial charge in [0.2, 0.25) is 23.6 Å². The molecule has 0 unspecified atom stereocenters. The molecule has 224 valence electrons. The molecule has 0 radical (unpaired) electrons. The number of rotatable bonds is 17. The monoisotopic (exact) mass is 559 g/mol. The van der Waals surface area contributed by atoms with Crippen molar-refractivity contribution in [2.24, 2.45) is 23.5 Å². The van der Waals surface area contributed by atoms with E-state index in [1.807, 2.05) is 0 Å². The predicted octanol–water partition coefficient (Wildman–Crippen LogP) is -1.06. The molecule has 0 heterocycles. The van der Waals surface area contributed by atoms with E-state index in [1.165, 1.54) is 6.92 Å². The molecule has 4 amide bonds. The van der Waals surface area contributed by atoms with E-state index in [-0.39, 0.29) is 24.7 Å². The highest BCUT2D eigenvalue weighted by molar-refractivity contribution is 5.95. The molecule has 0 aromatic heterocycles. The number of hydrogen-bond donors (Lipinski definition) is 8. The lowest BCUT2D eigenvalue weighted by Gasteiger charge is -2.28. The fourth-order valence-electron chi connectivity index (χ4n) is 3.50. The number of nitrogens with one attached hydrogen (secondary N) is 4. The predicted molar refractivity (Wildman–Crippen MR) is 141 cm³/mol. The smallest absolute Gasteiger partial charge is 0.326 e. The fraction of sp³-hybridized carbons (Fsp3) is 0.760. The number of carboxylic acids is 2. The highest BCUT2D eigenvalue weighted by atomic mass is 16.4. The highest BCUT2D eigenvalue weighted by Crippen LogP contribution is 2.10. The minimum Gasteiger partial charge on any atom is -0.481 e. The van der Waals surface area contributed by atoms with Crippen LogP contribution in [0, 0.1) is 17.8 Å². The molecule has 0 aliphatic rings. The van der Waals surface area contributed by atoms with Crippen molar-refractivity contribution in [3.8, 4) is 0 Å². The van der Waals surface area contributed by atoms with E-state index in [0.717, 1.165) is 0 Å². The van der Waals surface area contributed by atoms with Gasteiger partial charge in [-0.1, -0.05) is 41.5 Å². The third-order valence-corrected chi connectivity index (χ3v) is 5.93. The molecule has 6 atom stereocenters. The van der Waals surface area contributed by atoms with E-state index >= 15 is 0 Å². The topological polar surface area (TPSA) is 237 Å². The molecule has 0 bridgehead atoms. The van der Waals surface area contributed by atoms with Gasteiger partial charge in [-0.25, -0.2) is 4.79 Å². The van der Waals surface area contributed by atoms with Crippen LogP contribution in [0.4, 0.5) is 0 Å². The van der Waals surface area contributed by atoms with Crippen molar-refractivity contribution in [2.45, 2.75) is 104 Å². The maximum absolute atomic E-state index is 13.1. The summed E-state index contributed by atoms with van der Waals surface area (Å²) in [5.74, 6) is -6.57. The number of nitrogens with two attached hydrogens (primary N) is 1. The third kappa shape index (κ3) is 12.9. The number of aliphatic carboxylic acids is 2. The Morgan fingerprint density at radius 2 is 1.15 bits per heavy atom. The first-order valence-electron chi connectivity index (χ1n) is 13.0. The van der Waals surface area contributed by atoms with Gasteiger partial charge in [0.1, 0.15) is 24.2 Å². The summed E-state index contributed by atoms with van der Waals surface area (Å²) in [4.78, 5) is 74.0. The second kappa shape index (κ2) is 16.6. The summed E-state index contributed by atoms with van der Waals surface area (Å²) in [7, 11) is 0. The maximum Gasteiger partial charge on any atom is 0.326 e. The van der Waals surface area contributed by atoms with Gasteiger partial charge in [0, 0.05) is 6.42 Å². The summed E-state index contributed by atoms with van der Waals surface area (Å²) in [5.41, 5.74) is 5.82. The molecular formula is C25H45N5O9. The standard InChI is InChI=1S/C25H45N5O9/c1-11(2)10-16(22(35)29-19(13(5)6)25(38)39)28-24(37)20(14(7)31)30-21(34)15(8-9-17(32)33)27-23(36)18(26)12(3)4/h11-16,18-20,31H,8-10,26H2,1-7H3,(H,27,36)(H,28,37)(H,29,35)(H,30,34)(H,32,33)(H,38,39)/t14-,15+,16+,18+,19+,20+/m1/s1. The van der Waals surface area contributed by atoms with E-state index < -0.39 is 84.2 Å². The van der Waals surface area contributed by atoms with Crippen LogP contribution < -0.4 is 27.0 Å². The molecule has 0 saturated carbocycles. The van der Waals surface area contributed by atoms with Gasteiger partial charge in [-0.2, -0.15) is 0 Å². The molecule has 39 heavy (non-hydrogen) atoms. The Hall–Kier alpha value is -3.26. The van der Waals surface area contributed by atoms with Crippen molar-refractivity contribution in [3.63, 3.8) is 0 Å². The molecule has 0 aromatic rings. The zero-order chi connectivity index (χ0) is 30.6. The van der Waals surface area contributed by atoms with Crippen LogP contribution in [0.1, 0.15) is 67.7 Å². The number of aliphatic hydroxyl groups excluding tert-OH is 1. The van der Waals surface area contributed by atoms with Crippen molar-refractivity contribution in [1.82, 2.24) is 21.3 Å². The van der Waals surface area contributed by atoms with E-state index in [1.54, 1.807) is 41.5 Å². The second-order valence-electron chi connectivity index (χ2n) is 10.7. The molecule has 0 fully saturated rings. The van der Waals surface area contributed by atoms with Crippen LogP contribution in [0.15, 0.2) is 0 Å². The van der Waals surface area contributed by atoms with Crippen LogP contribution in [-0.4, -0.2) is 87.2 Å². The van der Waals surface area contributed by atoms with Gasteiger partial charge in [0.05, 0.1) is 12.1 Å². The maximum atomic E-state index is 13.1. The number of carbonyl (C=O) groups excluding carboxylic acids is 4. The molecule has 0 aromatic carbocycles. The van der Waals surface area contributed by atoms with Crippen molar-refractivity contribution < 1.29 is 44.1 Å². The Morgan fingerprint density at radius 3 is 1.56 bits per heavy atom. The van der Waals surface area contributed by atoms with Gasteiger partial charge in [0.25, 0.3) is 0 Å². The zero-order valence-electron chi connectivity index (χ0n) is 23.7. The van der Waals surface area contributed by atoms with E-state index in [4.69, 9.17) is 10.8 Å². The second-order valence-corrected chi connectivity index (χ2v) is 10.7. The largest absolute Gasteiger partial charge is 0.481 e. The Balaban J connectivity index is 5.82. The minimum absolute atomic E-state index is 0.0938. The fourth-order valence-corrected chi connectivity index (χ4v) is 3.50. The highest BCUT2D eigenvalue weighted by Gasteiger charge is 2.34. The van der Waals surface area contributed by atoms with E-state index in [9.17, 15) is 39.0 Å². The first kappa shape index (κ1) is 35.7. The normalized spacial score (nSPS) is 16.0.